The lowest BCUT2D eigenvalue weighted by atomic mass is 10.0. The average Bonchev–Trinajstić information content (AvgIpc) is 2.02. The molecular formula is C10H21NS. The van der Waals surface area contributed by atoms with Gasteiger partial charge in [0.25, 0.3) is 0 Å². The lowest BCUT2D eigenvalue weighted by molar-refractivity contribution is 0.475. The van der Waals surface area contributed by atoms with Gasteiger partial charge in [-0.2, -0.15) is 11.8 Å². The molecule has 2 heteroatoms. The molecule has 0 bridgehead atoms. The van der Waals surface area contributed by atoms with Crippen molar-refractivity contribution in [3.63, 3.8) is 0 Å². The zero-order valence-corrected chi connectivity index (χ0v) is 9.34. The van der Waals surface area contributed by atoms with Gasteiger partial charge < -0.3 is 5.32 Å². The quantitative estimate of drug-likeness (QED) is 0.713. The molecule has 1 heterocycles. The average molecular weight is 187 g/mol. The fourth-order valence-corrected chi connectivity index (χ4v) is 2.63. The first kappa shape index (κ1) is 10.4. The molecule has 0 aromatic heterocycles. The molecule has 1 unspecified atom stereocenters. The van der Waals surface area contributed by atoms with E-state index in [1.807, 2.05) is 0 Å². The summed E-state index contributed by atoms with van der Waals surface area (Å²) in [5, 5.41) is 4.32. The molecular weight excluding hydrogens is 166 g/mol. The van der Waals surface area contributed by atoms with E-state index in [4.69, 9.17) is 0 Å². The van der Waals surface area contributed by atoms with Crippen LogP contribution in [0, 0.1) is 5.41 Å². The van der Waals surface area contributed by atoms with Crippen LogP contribution >= 0.6 is 11.8 Å². The second-order valence-corrected chi connectivity index (χ2v) is 6.13. The largest absolute Gasteiger partial charge is 0.316 e. The summed E-state index contributed by atoms with van der Waals surface area (Å²) in [4.78, 5) is 0. The molecule has 1 atom stereocenters. The number of hydrogen-bond donors (Lipinski definition) is 1. The summed E-state index contributed by atoms with van der Waals surface area (Å²) >= 11 is 2.14. The molecule has 1 rings (SSSR count). The molecule has 0 amide bonds. The first-order valence-electron chi connectivity index (χ1n) is 4.90. The van der Waals surface area contributed by atoms with Crippen LogP contribution in [-0.4, -0.2) is 24.1 Å². The topological polar surface area (TPSA) is 12.0 Å². The van der Waals surface area contributed by atoms with Gasteiger partial charge in [-0.1, -0.05) is 20.8 Å². The predicted octanol–water partition coefficient (Wildman–Crippen LogP) is 2.52. The van der Waals surface area contributed by atoms with Crippen LogP contribution in [-0.2, 0) is 0 Å². The van der Waals surface area contributed by atoms with Crippen molar-refractivity contribution in [2.45, 2.75) is 38.9 Å². The molecule has 1 nitrogen and oxygen atoms in total. The van der Waals surface area contributed by atoms with Crippen molar-refractivity contribution in [3.8, 4) is 0 Å². The third-order valence-electron chi connectivity index (χ3n) is 2.00. The van der Waals surface area contributed by atoms with Gasteiger partial charge in [-0.25, -0.2) is 0 Å². The van der Waals surface area contributed by atoms with Crippen LogP contribution in [0.3, 0.4) is 0 Å². The highest BCUT2D eigenvalue weighted by molar-refractivity contribution is 7.99. The molecule has 1 N–H and O–H groups in total. The molecule has 12 heavy (non-hydrogen) atoms. The van der Waals surface area contributed by atoms with Crippen molar-refractivity contribution in [1.29, 1.82) is 0 Å². The van der Waals surface area contributed by atoms with Crippen molar-refractivity contribution in [3.05, 3.63) is 0 Å². The number of thioether (sulfide) groups is 1. The van der Waals surface area contributed by atoms with E-state index in [1.165, 1.54) is 31.7 Å². The Morgan fingerprint density at radius 2 is 2.17 bits per heavy atom. The van der Waals surface area contributed by atoms with E-state index in [2.05, 4.69) is 37.8 Å². The Hall–Kier alpha value is 0.310. The Morgan fingerprint density at radius 3 is 2.67 bits per heavy atom. The van der Waals surface area contributed by atoms with Gasteiger partial charge in [0.1, 0.15) is 0 Å². The molecule has 0 spiro atoms. The van der Waals surface area contributed by atoms with E-state index in [0.29, 0.717) is 5.41 Å². The molecule has 0 saturated carbocycles. The second kappa shape index (κ2) is 4.52. The molecule has 0 aliphatic carbocycles. The zero-order valence-electron chi connectivity index (χ0n) is 8.52. The highest BCUT2D eigenvalue weighted by atomic mass is 32.2. The minimum Gasteiger partial charge on any atom is -0.316 e. The summed E-state index contributed by atoms with van der Waals surface area (Å²) in [5.74, 6) is 1.29. The summed E-state index contributed by atoms with van der Waals surface area (Å²) in [6.45, 7) is 9.40. The van der Waals surface area contributed by atoms with Gasteiger partial charge in [0.2, 0.25) is 0 Å². The van der Waals surface area contributed by atoms with Gasteiger partial charge in [-0.15, -0.1) is 0 Å². The molecule has 1 saturated heterocycles. The van der Waals surface area contributed by atoms with Crippen LogP contribution in [0.5, 0.6) is 0 Å². The molecule has 0 aromatic rings. The summed E-state index contributed by atoms with van der Waals surface area (Å²) in [5.41, 5.74) is 0.488. The van der Waals surface area contributed by atoms with E-state index < -0.39 is 0 Å². The lowest BCUT2D eigenvalue weighted by Crippen LogP contribution is -2.32. The molecule has 72 valence electrons. The van der Waals surface area contributed by atoms with Gasteiger partial charge in [-0.05, 0) is 30.6 Å². The van der Waals surface area contributed by atoms with Crippen LogP contribution in [0.2, 0.25) is 0 Å². The highest BCUT2D eigenvalue weighted by Gasteiger charge is 2.17. The number of piperidine rings is 1. The molecule has 0 aromatic carbocycles. The standard InChI is InChI=1S/C10H21NS/c1-10(2,3)8-12-9-5-4-6-11-7-9/h9,11H,4-8H2,1-3H3. The van der Waals surface area contributed by atoms with Crippen molar-refractivity contribution < 1.29 is 0 Å². The third-order valence-corrected chi connectivity index (χ3v) is 3.91. The van der Waals surface area contributed by atoms with Crippen molar-refractivity contribution in [2.75, 3.05) is 18.8 Å². The van der Waals surface area contributed by atoms with Gasteiger partial charge >= 0.3 is 0 Å². The minimum atomic E-state index is 0.488. The van der Waals surface area contributed by atoms with E-state index in [0.717, 1.165) is 5.25 Å². The normalized spacial score (nSPS) is 25.8. The Labute approximate surface area is 80.7 Å². The highest BCUT2D eigenvalue weighted by Crippen LogP contribution is 2.26. The minimum absolute atomic E-state index is 0.488. The molecule has 1 aliphatic rings. The Balaban J connectivity index is 2.13. The third kappa shape index (κ3) is 4.36. The van der Waals surface area contributed by atoms with Crippen LogP contribution in [0.25, 0.3) is 0 Å². The van der Waals surface area contributed by atoms with Crippen LogP contribution < -0.4 is 5.32 Å². The summed E-state index contributed by atoms with van der Waals surface area (Å²) in [6.07, 6.45) is 2.77. The van der Waals surface area contributed by atoms with E-state index >= 15 is 0 Å². The monoisotopic (exact) mass is 187 g/mol. The predicted molar refractivity (Wildman–Crippen MR) is 57.8 cm³/mol. The Bertz CT molecular complexity index is 122. The van der Waals surface area contributed by atoms with Gasteiger partial charge in [0, 0.05) is 11.8 Å². The van der Waals surface area contributed by atoms with Crippen molar-refractivity contribution >= 4 is 11.8 Å². The fraction of sp³-hybridized carbons (Fsp3) is 1.00. The molecule has 0 radical (unpaired) electrons. The summed E-state index contributed by atoms with van der Waals surface area (Å²) in [6, 6.07) is 0. The van der Waals surface area contributed by atoms with Crippen LogP contribution in [0.1, 0.15) is 33.6 Å². The Kier molecular flexibility index (Phi) is 3.91. The maximum absolute atomic E-state index is 3.45. The molecule has 1 fully saturated rings. The zero-order chi connectivity index (χ0) is 9.03. The van der Waals surface area contributed by atoms with E-state index in [1.54, 1.807) is 0 Å². The second-order valence-electron chi connectivity index (χ2n) is 4.84. The Morgan fingerprint density at radius 1 is 1.42 bits per heavy atom. The first-order valence-corrected chi connectivity index (χ1v) is 5.95. The van der Waals surface area contributed by atoms with Gasteiger partial charge in [0.15, 0.2) is 0 Å². The van der Waals surface area contributed by atoms with Gasteiger partial charge in [-0.3, -0.25) is 0 Å². The molecule has 1 aliphatic heterocycles. The maximum Gasteiger partial charge on any atom is 0.0173 e. The fourth-order valence-electron chi connectivity index (χ4n) is 1.33. The smallest absolute Gasteiger partial charge is 0.0173 e. The van der Waals surface area contributed by atoms with Crippen molar-refractivity contribution in [1.82, 2.24) is 5.32 Å². The number of nitrogens with one attached hydrogen (secondary N) is 1. The van der Waals surface area contributed by atoms with Crippen LogP contribution in [0.4, 0.5) is 0 Å². The van der Waals surface area contributed by atoms with Crippen molar-refractivity contribution in [2.24, 2.45) is 5.41 Å². The summed E-state index contributed by atoms with van der Waals surface area (Å²) in [7, 11) is 0. The number of hydrogen-bond acceptors (Lipinski definition) is 2. The van der Waals surface area contributed by atoms with E-state index in [9.17, 15) is 0 Å². The maximum atomic E-state index is 3.45. The van der Waals surface area contributed by atoms with Crippen LogP contribution in [0.15, 0.2) is 0 Å². The lowest BCUT2D eigenvalue weighted by Gasteiger charge is -2.26. The SMILES string of the molecule is CC(C)(C)CSC1CCCNC1. The van der Waals surface area contributed by atoms with Gasteiger partial charge in [0.05, 0.1) is 0 Å². The van der Waals surface area contributed by atoms with E-state index in [-0.39, 0.29) is 0 Å². The first-order chi connectivity index (χ1) is 5.58. The summed E-state index contributed by atoms with van der Waals surface area (Å²) < 4.78 is 0. The number of rotatable bonds is 2.